The van der Waals surface area contributed by atoms with Crippen molar-refractivity contribution in [1.82, 2.24) is 19.7 Å². The van der Waals surface area contributed by atoms with Gasteiger partial charge in [-0.3, -0.25) is 9.36 Å². The monoisotopic (exact) mass is 489 g/mol. The molecule has 0 bridgehead atoms. The Hall–Kier alpha value is -3.89. The first-order valence-electron chi connectivity index (χ1n) is 10.3. The maximum absolute atomic E-state index is 12.7. The molecule has 10 heteroatoms. The highest BCUT2D eigenvalue weighted by Gasteiger charge is 2.19. The summed E-state index contributed by atoms with van der Waals surface area (Å²) in [5.41, 5.74) is 2.50. The number of methoxy groups -OCH3 is 1. The highest BCUT2D eigenvalue weighted by molar-refractivity contribution is 7.99. The minimum absolute atomic E-state index is 0.146. The fourth-order valence-corrected chi connectivity index (χ4v) is 4.81. The van der Waals surface area contributed by atoms with E-state index in [1.807, 2.05) is 70.6 Å². The van der Waals surface area contributed by atoms with Gasteiger partial charge in [-0.15, -0.1) is 21.5 Å². The predicted octanol–water partition coefficient (Wildman–Crippen LogP) is 5.39. The van der Waals surface area contributed by atoms with Gasteiger partial charge in [0.25, 0.3) is 0 Å². The van der Waals surface area contributed by atoms with E-state index in [2.05, 4.69) is 20.5 Å². The fraction of sp³-hybridized carbons (Fsp3) is 0.0833. The van der Waals surface area contributed by atoms with Gasteiger partial charge in [-0.25, -0.2) is 4.98 Å². The Bertz CT molecular complexity index is 1400. The van der Waals surface area contributed by atoms with Crippen molar-refractivity contribution in [2.24, 2.45) is 0 Å². The van der Waals surface area contributed by atoms with E-state index >= 15 is 0 Å². The highest BCUT2D eigenvalue weighted by Crippen LogP contribution is 2.32. The molecular weight excluding hydrogens is 470 g/mol. The van der Waals surface area contributed by atoms with Gasteiger partial charge in [-0.05, 0) is 36.4 Å². The van der Waals surface area contributed by atoms with E-state index in [0.717, 1.165) is 22.7 Å². The summed E-state index contributed by atoms with van der Waals surface area (Å²) in [5, 5.41) is 14.5. The summed E-state index contributed by atoms with van der Waals surface area (Å²) in [6.45, 7) is 0. The fourth-order valence-electron chi connectivity index (χ4n) is 3.34. The number of anilines is 1. The predicted molar refractivity (Wildman–Crippen MR) is 133 cm³/mol. The summed E-state index contributed by atoms with van der Waals surface area (Å²) in [4.78, 5) is 17.2. The lowest BCUT2D eigenvalue weighted by Gasteiger charge is -2.09. The molecule has 0 atom stereocenters. The van der Waals surface area contributed by atoms with Crippen LogP contribution in [0, 0.1) is 0 Å². The van der Waals surface area contributed by atoms with Crippen molar-refractivity contribution in [3.63, 3.8) is 0 Å². The van der Waals surface area contributed by atoms with Crippen LogP contribution >= 0.6 is 23.1 Å². The number of nitrogens with one attached hydrogen (secondary N) is 1. The van der Waals surface area contributed by atoms with Gasteiger partial charge < -0.3 is 14.5 Å². The Balaban J connectivity index is 1.31. The molecule has 0 aliphatic carbocycles. The number of ether oxygens (including phenoxy) is 1. The van der Waals surface area contributed by atoms with Crippen LogP contribution in [-0.4, -0.2) is 38.5 Å². The highest BCUT2D eigenvalue weighted by atomic mass is 32.2. The molecule has 0 aliphatic heterocycles. The third-order valence-electron chi connectivity index (χ3n) is 4.86. The first-order chi connectivity index (χ1) is 16.7. The van der Waals surface area contributed by atoms with Crippen LogP contribution in [0.15, 0.2) is 87.9 Å². The summed E-state index contributed by atoms with van der Waals surface area (Å²) >= 11 is 2.65. The number of carbonyl (C=O) groups excluding carboxylic acids is 1. The van der Waals surface area contributed by atoms with E-state index in [1.54, 1.807) is 19.4 Å². The Labute approximate surface area is 203 Å². The average molecular weight is 490 g/mol. The normalized spacial score (nSPS) is 10.9. The zero-order valence-corrected chi connectivity index (χ0v) is 19.7. The minimum atomic E-state index is -0.187. The molecule has 0 aliphatic rings. The SMILES string of the molecule is COc1ccccc1-c1csc(NC(=O)CSc2nnc(-c3ccco3)n2-c2ccccc2)n1. The third-order valence-corrected chi connectivity index (χ3v) is 6.54. The summed E-state index contributed by atoms with van der Waals surface area (Å²) in [7, 11) is 1.62. The molecule has 3 aromatic heterocycles. The molecule has 8 nitrogen and oxygen atoms in total. The molecular formula is C24H19N5O3S2. The van der Waals surface area contributed by atoms with Crippen molar-refractivity contribution in [2.45, 2.75) is 5.16 Å². The molecule has 0 unspecified atom stereocenters. The molecule has 34 heavy (non-hydrogen) atoms. The molecule has 3 heterocycles. The van der Waals surface area contributed by atoms with Crippen LogP contribution in [0.4, 0.5) is 5.13 Å². The Morgan fingerprint density at radius 1 is 1.09 bits per heavy atom. The van der Waals surface area contributed by atoms with Crippen molar-refractivity contribution in [2.75, 3.05) is 18.2 Å². The van der Waals surface area contributed by atoms with Crippen LogP contribution in [0.25, 0.3) is 28.5 Å². The maximum Gasteiger partial charge on any atom is 0.236 e. The van der Waals surface area contributed by atoms with Gasteiger partial charge in [0.1, 0.15) is 5.75 Å². The Kier molecular flexibility index (Phi) is 6.41. The van der Waals surface area contributed by atoms with E-state index in [1.165, 1.54) is 23.1 Å². The maximum atomic E-state index is 12.7. The number of rotatable bonds is 8. The van der Waals surface area contributed by atoms with Gasteiger partial charge in [0.15, 0.2) is 16.0 Å². The van der Waals surface area contributed by atoms with E-state index in [9.17, 15) is 4.79 Å². The smallest absolute Gasteiger partial charge is 0.236 e. The third kappa shape index (κ3) is 4.59. The van der Waals surface area contributed by atoms with Gasteiger partial charge in [0, 0.05) is 16.6 Å². The number of aromatic nitrogens is 4. The number of amides is 1. The molecule has 5 rings (SSSR count). The van der Waals surface area contributed by atoms with Crippen LogP contribution in [-0.2, 0) is 4.79 Å². The van der Waals surface area contributed by atoms with Crippen LogP contribution < -0.4 is 10.1 Å². The number of nitrogens with zero attached hydrogens (tertiary/aromatic N) is 4. The van der Waals surface area contributed by atoms with Gasteiger partial charge >= 0.3 is 0 Å². The lowest BCUT2D eigenvalue weighted by molar-refractivity contribution is -0.113. The number of thioether (sulfide) groups is 1. The lowest BCUT2D eigenvalue weighted by atomic mass is 10.1. The topological polar surface area (TPSA) is 95.1 Å². The van der Waals surface area contributed by atoms with Crippen LogP contribution in [0.5, 0.6) is 5.75 Å². The Morgan fingerprint density at radius 3 is 2.71 bits per heavy atom. The van der Waals surface area contributed by atoms with Crippen molar-refractivity contribution < 1.29 is 13.9 Å². The van der Waals surface area contributed by atoms with Gasteiger partial charge in [-0.2, -0.15) is 0 Å². The van der Waals surface area contributed by atoms with E-state index in [-0.39, 0.29) is 11.7 Å². The molecule has 0 saturated carbocycles. The summed E-state index contributed by atoms with van der Waals surface area (Å²) < 4.78 is 12.8. The van der Waals surface area contributed by atoms with Crippen molar-refractivity contribution >= 4 is 34.1 Å². The molecule has 2 aromatic carbocycles. The molecule has 0 spiro atoms. The second-order valence-electron chi connectivity index (χ2n) is 7.03. The number of hydrogen-bond donors (Lipinski definition) is 1. The van der Waals surface area contributed by atoms with Gasteiger partial charge in [0.2, 0.25) is 11.7 Å². The number of para-hydroxylation sites is 2. The molecule has 5 aromatic rings. The van der Waals surface area contributed by atoms with Gasteiger partial charge in [0.05, 0.1) is 24.8 Å². The molecule has 0 radical (unpaired) electrons. The second kappa shape index (κ2) is 9.94. The second-order valence-corrected chi connectivity index (χ2v) is 8.83. The van der Waals surface area contributed by atoms with Gasteiger partial charge in [-0.1, -0.05) is 42.1 Å². The van der Waals surface area contributed by atoms with Crippen LogP contribution in [0.3, 0.4) is 0 Å². The molecule has 0 fully saturated rings. The van der Waals surface area contributed by atoms with E-state index in [4.69, 9.17) is 9.15 Å². The summed E-state index contributed by atoms with van der Waals surface area (Å²) in [6, 6.07) is 21.0. The molecule has 1 amide bonds. The van der Waals surface area contributed by atoms with Crippen molar-refractivity contribution in [1.29, 1.82) is 0 Å². The van der Waals surface area contributed by atoms with E-state index < -0.39 is 0 Å². The van der Waals surface area contributed by atoms with Crippen molar-refractivity contribution in [3.05, 3.63) is 78.4 Å². The van der Waals surface area contributed by atoms with Crippen LogP contribution in [0.1, 0.15) is 0 Å². The molecule has 170 valence electrons. The zero-order valence-electron chi connectivity index (χ0n) is 18.0. The average Bonchev–Trinajstić information content (AvgIpc) is 3.64. The Morgan fingerprint density at radius 2 is 1.91 bits per heavy atom. The van der Waals surface area contributed by atoms with E-state index in [0.29, 0.717) is 21.9 Å². The number of thiazole rings is 1. The number of furan rings is 1. The molecule has 1 N–H and O–H groups in total. The number of hydrogen-bond acceptors (Lipinski definition) is 8. The summed E-state index contributed by atoms with van der Waals surface area (Å²) in [5.74, 6) is 1.86. The van der Waals surface area contributed by atoms with Crippen molar-refractivity contribution in [3.8, 4) is 34.3 Å². The number of benzene rings is 2. The number of carbonyl (C=O) groups is 1. The first kappa shape index (κ1) is 21.9. The quantitative estimate of drug-likeness (QED) is 0.292. The minimum Gasteiger partial charge on any atom is -0.496 e. The largest absolute Gasteiger partial charge is 0.496 e. The first-order valence-corrected chi connectivity index (χ1v) is 12.2. The van der Waals surface area contributed by atoms with Crippen LogP contribution in [0.2, 0.25) is 0 Å². The lowest BCUT2D eigenvalue weighted by Crippen LogP contribution is -2.14. The standard InChI is InChI=1S/C24H19N5O3S2/c1-31-19-11-6-5-10-17(19)18-14-33-23(25-18)26-21(30)15-34-24-28-27-22(20-12-7-13-32-20)29(24)16-8-3-2-4-9-16/h2-14H,15H2,1H3,(H,25,26,30). The summed E-state index contributed by atoms with van der Waals surface area (Å²) in [6.07, 6.45) is 1.59. The zero-order chi connectivity index (χ0) is 23.3. The molecule has 0 saturated heterocycles.